The molecule has 1 aromatic carbocycles. The first-order valence-electron chi connectivity index (χ1n) is 10.8. The number of allylic oxidation sites excluding steroid dienone is 2. The molecule has 0 bridgehead atoms. The highest BCUT2D eigenvalue weighted by atomic mass is 16.5. The fraction of sp³-hybridized carbons (Fsp3) is 0.625. The number of ether oxygens (including phenoxy) is 1. The number of carbonyl (C=O) groups is 1. The van der Waals surface area contributed by atoms with Crippen LogP contribution in [0.1, 0.15) is 70.8 Å². The van der Waals surface area contributed by atoms with Crippen LogP contribution in [0.3, 0.4) is 0 Å². The molecule has 27 heavy (non-hydrogen) atoms. The minimum atomic E-state index is 0.119. The van der Waals surface area contributed by atoms with Crippen molar-refractivity contribution in [2.75, 3.05) is 6.54 Å². The lowest BCUT2D eigenvalue weighted by Crippen LogP contribution is -2.32. The zero-order chi connectivity index (χ0) is 19.3. The number of nitrogens with one attached hydrogen (secondary N) is 1. The van der Waals surface area contributed by atoms with Gasteiger partial charge in [0.25, 0.3) is 0 Å². The highest BCUT2D eigenvalue weighted by Crippen LogP contribution is 2.24. The maximum Gasteiger partial charge on any atom is 0.223 e. The van der Waals surface area contributed by atoms with E-state index >= 15 is 0 Å². The lowest BCUT2D eigenvalue weighted by Gasteiger charge is -2.27. The van der Waals surface area contributed by atoms with Crippen LogP contribution in [0.25, 0.3) is 0 Å². The van der Waals surface area contributed by atoms with Crippen LogP contribution in [0.15, 0.2) is 42.5 Å². The lowest BCUT2D eigenvalue weighted by molar-refractivity contribution is -0.125. The molecule has 2 rings (SSSR count). The van der Waals surface area contributed by atoms with Crippen molar-refractivity contribution in [3.8, 4) is 0 Å². The third-order valence-electron chi connectivity index (χ3n) is 5.72. The van der Waals surface area contributed by atoms with Crippen LogP contribution in [0.4, 0.5) is 0 Å². The molecule has 0 aliphatic carbocycles. The Balaban J connectivity index is 1.96. The van der Waals surface area contributed by atoms with Gasteiger partial charge in [0.2, 0.25) is 5.91 Å². The van der Waals surface area contributed by atoms with Gasteiger partial charge < -0.3 is 10.1 Å². The molecule has 1 aliphatic rings. The number of benzene rings is 1. The topological polar surface area (TPSA) is 38.3 Å². The Labute approximate surface area is 165 Å². The Morgan fingerprint density at radius 1 is 1.04 bits per heavy atom. The van der Waals surface area contributed by atoms with Crippen molar-refractivity contribution in [2.24, 2.45) is 11.8 Å². The van der Waals surface area contributed by atoms with E-state index in [2.05, 4.69) is 55.6 Å². The van der Waals surface area contributed by atoms with E-state index in [-0.39, 0.29) is 11.8 Å². The minimum Gasteiger partial charge on any atom is -0.373 e. The molecule has 3 atom stereocenters. The molecule has 0 fully saturated rings. The van der Waals surface area contributed by atoms with Gasteiger partial charge in [0.05, 0.1) is 12.7 Å². The largest absolute Gasteiger partial charge is 0.373 e. The second-order valence-electron chi connectivity index (χ2n) is 7.68. The Hall–Kier alpha value is -1.61. The van der Waals surface area contributed by atoms with Crippen LogP contribution in [0.2, 0.25) is 0 Å². The number of hydrogen-bond acceptors (Lipinski definition) is 2. The summed E-state index contributed by atoms with van der Waals surface area (Å²) in [6, 6.07) is 10.4. The molecule has 3 heteroatoms. The standard InChI is InChI=1S/C24H37NO2/c1-3-21-16-12-18-25-24(26)22(4-2)15-10-5-6-11-17-23(21)27-19-20-13-8-7-9-14-20/h5,7-10,13-14,21-23H,3-4,6,11-12,15-19H2,1-2H3,(H,25,26)/t21-,22-,23-/m1/s1. The molecule has 0 aromatic heterocycles. The minimum absolute atomic E-state index is 0.119. The van der Waals surface area contributed by atoms with E-state index in [0.29, 0.717) is 18.6 Å². The molecule has 1 amide bonds. The molecule has 0 saturated carbocycles. The second-order valence-corrected chi connectivity index (χ2v) is 7.68. The number of hydrogen-bond donors (Lipinski definition) is 1. The van der Waals surface area contributed by atoms with Crippen LogP contribution in [-0.4, -0.2) is 18.6 Å². The smallest absolute Gasteiger partial charge is 0.223 e. The van der Waals surface area contributed by atoms with Crippen LogP contribution in [0.5, 0.6) is 0 Å². The zero-order valence-corrected chi connectivity index (χ0v) is 17.2. The lowest BCUT2D eigenvalue weighted by atomic mass is 9.90. The van der Waals surface area contributed by atoms with Crippen LogP contribution in [0, 0.1) is 11.8 Å². The molecule has 1 aromatic rings. The third kappa shape index (κ3) is 7.88. The van der Waals surface area contributed by atoms with Gasteiger partial charge in [-0.3, -0.25) is 4.79 Å². The van der Waals surface area contributed by atoms with E-state index in [1.807, 2.05) is 6.07 Å². The first-order valence-corrected chi connectivity index (χ1v) is 10.8. The van der Waals surface area contributed by atoms with E-state index in [1.165, 1.54) is 5.56 Å². The molecular weight excluding hydrogens is 334 g/mol. The Bertz CT molecular complexity index is 555. The number of rotatable bonds is 5. The maximum absolute atomic E-state index is 12.3. The quantitative estimate of drug-likeness (QED) is 0.679. The second kappa shape index (κ2) is 12.7. The molecule has 0 saturated heterocycles. The van der Waals surface area contributed by atoms with Crippen molar-refractivity contribution in [1.82, 2.24) is 5.32 Å². The van der Waals surface area contributed by atoms with Crippen LogP contribution < -0.4 is 5.32 Å². The van der Waals surface area contributed by atoms with E-state index in [9.17, 15) is 4.79 Å². The van der Waals surface area contributed by atoms with Gasteiger partial charge in [0, 0.05) is 12.5 Å². The molecule has 0 radical (unpaired) electrons. The molecule has 1 N–H and O–H groups in total. The van der Waals surface area contributed by atoms with E-state index in [1.54, 1.807) is 0 Å². The Kier molecular flexibility index (Phi) is 10.2. The monoisotopic (exact) mass is 371 g/mol. The fourth-order valence-electron chi connectivity index (χ4n) is 3.88. The highest BCUT2D eigenvalue weighted by Gasteiger charge is 2.21. The van der Waals surface area contributed by atoms with Gasteiger partial charge in [-0.15, -0.1) is 0 Å². The summed E-state index contributed by atoms with van der Waals surface area (Å²) < 4.78 is 6.38. The summed E-state index contributed by atoms with van der Waals surface area (Å²) in [6.45, 7) is 5.83. The fourth-order valence-corrected chi connectivity index (χ4v) is 3.88. The molecule has 3 nitrogen and oxygen atoms in total. The highest BCUT2D eigenvalue weighted by molar-refractivity contribution is 5.78. The Morgan fingerprint density at radius 3 is 2.59 bits per heavy atom. The summed E-state index contributed by atoms with van der Waals surface area (Å²) in [5.74, 6) is 0.886. The van der Waals surface area contributed by atoms with Gasteiger partial charge in [0.1, 0.15) is 0 Å². The molecule has 1 aliphatic heterocycles. The SMILES string of the molecule is CC[C@@H]1CC=CCCC[C@@H](OCc2ccccc2)[C@H](CC)CCCNC1=O. The average molecular weight is 372 g/mol. The van der Waals surface area contributed by atoms with E-state index in [0.717, 1.165) is 57.9 Å². The average Bonchev–Trinajstić information content (AvgIpc) is 2.70. The summed E-state index contributed by atoms with van der Waals surface area (Å²) in [5.41, 5.74) is 1.24. The molecule has 1 heterocycles. The van der Waals surface area contributed by atoms with Crippen molar-refractivity contribution < 1.29 is 9.53 Å². The summed E-state index contributed by atoms with van der Waals surface area (Å²) in [6.07, 6.45) is 13.1. The summed E-state index contributed by atoms with van der Waals surface area (Å²) in [4.78, 5) is 12.3. The molecular formula is C24H37NO2. The predicted molar refractivity (Wildman–Crippen MR) is 112 cm³/mol. The van der Waals surface area contributed by atoms with Crippen molar-refractivity contribution in [1.29, 1.82) is 0 Å². The normalized spacial score (nSPS) is 25.6. The van der Waals surface area contributed by atoms with Gasteiger partial charge in [0.15, 0.2) is 0 Å². The number of carbonyl (C=O) groups excluding carboxylic acids is 1. The third-order valence-corrected chi connectivity index (χ3v) is 5.72. The van der Waals surface area contributed by atoms with Crippen LogP contribution in [-0.2, 0) is 16.1 Å². The van der Waals surface area contributed by atoms with Crippen molar-refractivity contribution in [3.63, 3.8) is 0 Å². The maximum atomic E-state index is 12.3. The molecule has 150 valence electrons. The van der Waals surface area contributed by atoms with E-state index < -0.39 is 0 Å². The summed E-state index contributed by atoms with van der Waals surface area (Å²) in [7, 11) is 0. The zero-order valence-electron chi connectivity index (χ0n) is 17.2. The van der Waals surface area contributed by atoms with Crippen molar-refractivity contribution >= 4 is 5.91 Å². The van der Waals surface area contributed by atoms with E-state index in [4.69, 9.17) is 4.74 Å². The first kappa shape index (κ1) is 21.7. The summed E-state index contributed by atoms with van der Waals surface area (Å²) >= 11 is 0. The van der Waals surface area contributed by atoms with Crippen molar-refractivity contribution in [2.45, 2.75) is 77.9 Å². The van der Waals surface area contributed by atoms with Crippen LogP contribution >= 0.6 is 0 Å². The van der Waals surface area contributed by atoms with Gasteiger partial charge in [-0.1, -0.05) is 62.8 Å². The van der Waals surface area contributed by atoms with Crippen molar-refractivity contribution in [3.05, 3.63) is 48.0 Å². The van der Waals surface area contributed by atoms with Gasteiger partial charge in [-0.25, -0.2) is 0 Å². The van der Waals surface area contributed by atoms with Gasteiger partial charge in [-0.05, 0) is 56.4 Å². The first-order chi connectivity index (χ1) is 13.2. The predicted octanol–water partition coefficient (Wildman–Crippen LogP) is 5.65. The van der Waals surface area contributed by atoms with Gasteiger partial charge in [-0.2, -0.15) is 0 Å². The Morgan fingerprint density at radius 2 is 1.85 bits per heavy atom. The molecule has 0 spiro atoms. The molecule has 0 unspecified atom stereocenters. The summed E-state index contributed by atoms with van der Waals surface area (Å²) in [5, 5.41) is 3.14. The van der Waals surface area contributed by atoms with Gasteiger partial charge >= 0.3 is 0 Å². The number of amides is 1.